The lowest BCUT2D eigenvalue weighted by atomic mass is 10.1. The zero-order chi connectivity index (χ0) is 19.6. The van der Waals surface area contributed by atoms with Crippen LogP contribution in [0.5, 0.6) is 5.75 Å². The lowest BCUT2D eigenvalue weighted by Crippen LogP contribution is -2.25. The van der Waals surface area contributed by atoms with Crippen LogP contribution in [0.2, 0.25) is 0 Å². The average molecular weight is 375 g/mol. The van der Waals surface area contributed by atoms with E-state index in [0.29, 0.717) is 12.1 Å². The Bertz CT molecular complexity index is 880. The smallest absolute Gasteiger partial charge is 0.252 e. The third-order valence-corrected chi connectivity index (χ3v) is 4.44. The highest BCUT2D eigenvalue weighted by Crippen LogP contribution is 2.13. The number of carbonyl (C=O) groups excluding carboxylic acids is 1. The van der Waals surface area contributed by atoms with Gasteiger partial charge in [0.15, 0.2) is 0 Å². The number of hydrogen-bond donors (Lipinski definition) is 2. The highest BCUT2D eigenvalue weighted by Gasteiger charge is 2.06. The number of rotatable bonds is 9. The normalized spacial score (nSPS) is 10.3. The quantitative estimate of drug-likeness (QED) is 0.598. The van der Waals surface area contributed by atoms with Crippen molar-refractivity contribution in [2.45, 2.75) is 12.8 Å². The predicted molar refractivity (Wildman–Crippen MR) is 112 cm³/mol. The summed E-state index contributed by atoms with van der Waals surface area (Å²) in [6, 6.07) is 19.9. The van der Waals surface area contributed by atoms with Gasteiger partial charge in [0.05, 0.1) is 18.4 Å². The van der Waals surface area contributed by atoms with Crippen LogP contribution in [-0.2, 0) is 12.8 Å². The molecule has 0 saturated heterocycles. The van der Waals surface area contributed by atoms with Gasteiger partial charge >= 0.3 is 0 Å². The maximum atomic E-state index is 12.4. The molecule has 144 valence electrons. The van der Waals surface area contributed by atoms with Crippen molar-refractivity contribution in [2.75, 3.05) is 25.5 Å². The molecule has 1 amide bonds. The molecule has 3 aromatic rings. The lowest BCUT2D eigenvalue weighted by molar-refractivity contribution is 0.0954. The standard InChI is InChI=1S/C23H25N3O2/c1-28-22-9-7-19(8-10-22)11-13-25-21-15-20(16-24-17-21)23(27)26-14-12-18-5-3-2-4-6-18/h2-10,15-17,25H,11-14H2,1H3,(H,26,27). The minimum atomic E-state index is -0.109. The molecular formula is C23H25N3O2. The molecule has 0 saturated carbocycles. The Morgan fingerprint density at radius 2 is 1.64 bits per heavy atom. The van der Waals surface area contributed by atoms with Crippen molar-refractivity contribution in [1.82, 2.24) is 10.3 Å². The number of ether oxygens (including phenoxy) is 1. The van der Waals surface area contributed by atoms with E-state index in [-0.39, 0.29) is 5.91 Å². The van der Waals surface area contributed by atoms with E-state index in [4.69, 9.17) is 4.74 Å². The number of carbonyl (C=O) groups is 1. The molecule has 0 atom stereocenters. The number of hydrogen-bond acceptors (Lipinski definition) is 4. The van der Waals surface area contributed by atoms with Gasteiger partial charge in [-0.05, 0) is 42.2 Å². The Kier molecular flexibility index (Phi) is 7.01. The van der Waals surface area contributed by atoms with E-state index in [0.717, 1.165) is 30.8 Å². The minimum absolute atomic E-state index is 0.109. The fourth-order valence-electron chi connectivity index (χ4n) is 2.87. The largest absolute Gasteiger partial charge is 0.497 e. The summed E-state index contributed by atoms with van der Waals surface area (Å²) in [5.74, 6) is 0.745. The topological polar surface area (TPSA) is 63.2 Å². The summed E-state index contributed by atoms with van der Waals surface area (Å²) in [5.41, 5.74) is 3.82. The zero-order valence-corrected chi connectivity index (χ0v) is 16.0. The first kappa shape index (κ1) is 19.4. The van der Waals surface area contributed by atoms with Crippen LogP contribution >= 0.6 is 0 Å². The van der Waals surface area contributed by atoms with E-state index in [9.17, 15) is 4.79 Å². The molecule has 0 aliphatic carbocycles. The number of methoxy groups -OCH3 is 1. The van der Waals surface area contributed by atoms with Crippen molar-refractivity contribution in [3.63, 3.8) is 0 Å². The van der Waals surface area contributed by atoms with Crippen molar-refractivity contribution in [2.24, 2.45) is 0 Å². The fourth-order valence-corrected chi connectivity index (χ4v) is 2.87. The monoisotopic (exact) mass is 375 g/mol. The third-order valence-electron chi connectivity index (χ3n) is 4.44. The van der Waals surface area contributed by atoms with E-state index < -0.39 is 0 Å². The summed E-state index contributed by atoms with van der Waals surface area (Å²) < 4.78 is 5.17. The van der Waals surface area contributed by atoms with Gasteiger partial charge in [0.1, 0.15) is 5.75 Å². The van der Waals surface area contributed by atoms with Gasteiger partial charge in [0.2, 0.25) is 0 Å². The minimum Gasteiger partial charge on any atom is -0.497 e. The molecule has 0 fully saturated rings. The van der Waals surface area contributed by atoms with Crippen molar-refractivity contribution >= 4 is 11.6 Å². The van der Waals surface area contributed by atoms with E-state index >= 15 is 0 Å². The Labute approximate surface area is 165 Å². The van der Waals surface area contributed by atoms with Gasteiger partial charge in [-0.15, -0.1) is 0 Å². The Morgan fingerprint density at radius 1 is 0.929 bits per heavy atom. The summed E-state index contributed by atoms with van der Waals surface area (Å²) in [7, 11) is 1.66. The van der Waals surface area contributed by atoms with E-state index in [1.807, 2.05) is 36.4 Å². The average Bonchev–Trinajstić information content (AvgIpc) is 2.75. The number of amides is 1. The Morgan fingerprint density at radius 3 is 2.39 bits per heavy atom. The van der Waals surface area contributed by atoms with Crippen LogP contribution in [0.1, 0.15) is 21.5 Å². The molecule has 0 unspecified atom stereocenters. The highest BCUT2D eigenvalue weighted by molar-refractivity contribution is 5.94. The van der Waals surface area contributed by atoms with Gasteiger partial charge in [-0.1, -0.05) is 42.5 Å². The third kappa shape index (κ3) is 5.84. The van der Waals surface area contributed by atoms with Gasteiger partial charge < -0.3 is 15.4 Å². The summed E-state index contributed by atoms with van der Waals surface area (Å²) >= 11 is 0. The molecule has 1 heterocycles. The first-order valence-electron chi connectivity index (χ1n) is 9.38. The molecule has 5 nitrogen and oxygen atoms in total. The van der Waals surface area contributed by atoms with Gasteiger partial charge in [-0.25, -0.2) is 0 Å². The van der Waals surface area contributed by atoms with Crippen LogP contribution in [0, 0.1) is 0 Å². The van der Waals surface area contributed by atoms with Gasteiger partial charge in [0.25, 0.3) is 5.91 Å². The molecule has 2 N–H and O–H groups in total. The van der Waals surface area contributed by atoms with Gasteiger partial charge in [-0.3, -0.25) is 9.78 Å². The van der Waals surface area contributed by atoms with Crippen molar-refractivity contribution < 1.29 is 9.53 Å². The molecule has 3 rings (SSSR count). The highest BCUT2D eigenvalue weighted by atomic mass is 16.5. The molecule has 0 aliphatic heterocycles. The lowest BCUT2D eigenvalue weighted by Gasteiger charge is -2.09. The van der Waals surface area contributed by atoms with E-state index in [2.05, 4.69) is 39.9 Å². The molecule has 5 heteroatoms. The molecule has 0 radical (unpaired) electrons. The van der Waals surface area contributed by atoms with Crippen LogP contribution in [0.15, 0.2) is 73.1 Å². The molecule has 1 aromatic heterocycles. The van der Waals surface area contributed by atoms with Crippen LogP contribution in [0.4, 0.5) is 5.69 Å². The molecule has 28 heavy (non-hydrogen) atoms. The van der Waals surface area contributed by atoms with Gasteiger partial charge in [0, 0.05) is 25.5 Å². The molecule has 0 aliphatic rings. The Balaban J connectivity index is 1.46. The first-order chi connectivity index (χ1) is 13.7. The molecule has 2 aromatic carbocycles. The Hall–Kier alpha value is -3.34. The zero-order valence-electron chi connectivity index (χ0n) is 16.0. The maximum Gasteiger partial charge on any atom is 0.252 e. The van der Waals surface area contributed by atoms with Crippen LogP contribution in [0.3, 0.4) is 0 Å². The number of nitrogens with one attached hydrogen (secondary N) is 2. The number of anilines is 1. The first-order valence-corrected chi connectivity index (χ1v) is 9.38. The second-order valence-corrected chi connectivity index (χ2v) is 6.48. The summed E-state index contributed by atoms with van der Waals surface area (Å²) in [6.07, 6.45) is 5.00. The SMILES string of the molecule is COc1ccc(CCNc2cncc(C(=O)NCCc3ccccc3)c2)cc1. The molecular weight excluding hydrogens is 350 g/mol. The van der Waals surface area contributed by atoms with Gasteiger partial charge in [-0.2, -0.15) is 0 Å². The molecule has 0 bridgehead atoms. The van der Waals surface area contributed by atoms with Crippen LogP contribution in [0.25, 0.3) is 0 Å². The van der Waals surface area contributed by atoms with Crippen LogP contribution < -0.4 is 15.4 Å². The second-order valence-electron chi connectivity index (χ2n) is 6.48. The molecule has 0 spiro atoms. The predicted octanol–water partition coefficient (Wildman–Crippen LogP) is 3.72. The van der Waals surface area contributed by atoms with Crippen molar-refractivity contribution in [1.29, 1.82) is 0 Å². The van der Waals surface area contributed by atoms with Crippen molar-refractivity contribution in [3.05, 3.63) is 89.7 Å². The number of aromatic nitrogens is 1. The van der Waals surface area contributed by atoms with E-state index in [1.165, 1.54) is 11.1 Å². The maximum absolute atomic E-state index is 12.4. The number of nitrogens with zero attached hydrogens (tertiary/aromatic N) is 1. The van der Waals surface area contributed by atoms with Crippen LogP contribution in [-0.4, -0.2) is 31.1 Å². The fraction of sp³-hybridized carbons (Fsp3) is 0.217. The summed E-state index contributed by atoms with van der Waals surface area (Å²) in [4.78, 5) is 16.5. The summed E-state index contributed by atoms with van der Waals surface area (Å²) in [5, 5.41) is 6.27. The van der Waals surface area contributed by atoms with E-state index in [1.54, 1.807) is 19.5 Å². The second kappa shape index (κ2) is 10.1. The van der Waals surface area contributed by atoms with Crippen molar-refractivity contribution in [3.8, 4) is 5.75 Å². The summed E-state index contributed by atoms with van der Waals surface area (Å²) in [6.45, 7) is 1.35. The number of benzene rings is 2. The number of pyridine rings is 1.